The molecule has 19 heavy (non-hydrogen) atoms. The third-order valence-corrected chi connectivity index (χ3v) is 3.82. The van der Waals surface area contributed by atoms with Gasteiger partial charge in [0.05, 0.1) is 0 Å². The van der Waals surface area contributed by atoms with Gasteiger partial charge in [0.1, 0.15) is 0 Å². The van der Waals surface area contributed by atoms with Gasteiger partial charge in [0.15, 0.2) is 0 Å². The minimum atomic E-state index is 1.05. The van der Waals surface area contributed by atoms with Crippen LogP contribution in [0.15, 0.2) is 54.6 Å². The lowest BCUT2D eigenvalue weighted by molar-refractivity contribution is 0.867. The lowest BCUT2D eigenvalue weighted by atomic mass is 10.0. The summed E-state index contributed by atoms with van der Waals surface area (Å²) < 4.78 is 0. The van der Waals surface area contributed by atoms with Gasteiger partial charge >= 0.3 is 0 Å². The summed E-state index contributed by atoms with van der Waals surface area (Å²) in [6, 6.07) is 19.9. The minimum Gasteiger partial charge on any atom is -0.372 e. The second kappa shape index (κ2) is 4.93. The van der Waals surface area contributed by atoms with E-state index in [0.29, 0.717) is 0 Å². The topological polar surface area (TPSA) is 3.24 Å². The van der Waals surface area contributed by atoms with Gasteiger partial charge in [-0.05, 0) is 59.7 Å². The predicted octanol–water partition coefficient (Wildman–Crippen LogP) is 4.84. The molecule has 0 radical (unpaired) electrons. The molecule has 0 unspecified atom stereocenters. The zero-order valence-corrected chi connectivity index (χ0v) is 11.6. The molecule has 0 amide bonds. The Morgan fingerprint density at radius 1 is 0.684 bits per heavy atom. The van der Waals surface area contributed by atoms with Crippen molar-refractivity contribution >= 4 is 27.2 Å². The molecule has 0 heterocycles. The van der Waals surface area contributed by atoms with Gasteiger partial charge in [0.2, 0.25) is 0 Å². The van der Waals surface area contributed by atoms with Crippen LogP contribution in [0.3, 0.4) is 0 Å². The van der Waals surface area contributed by atoms with Gasteiger partial charge in [0.25, 0.3) is 0 Å². The third kappa shape index (κ3) is 2.17. The van der Waals surface area contributed by atoms with E-state index >= 15 is 0 Å². The number of nitrogens with zero attached hydrogens (tertiary/aromatic N) is 1. The quantitative estimate of drug-likeness (QED) is 0.600. The van der Waals surface area contributed by atoms with Crippen molar-refractivity contribution in [3.05, 3.63) is 54.6 Å². The van der Waals surface area contributed by atoms with Gasteiger partial charge in [0, 0.05) is 18.8 Å². The summed E-state index contributed by atoms with van der Waals surface area (Å²) in [5.74, 6) is 0. The number of benzene rings is 3. The molecule has 0 spiro atoms. The molecular formula is C18H19N. The monoisotopic (exact) mass is 249 g/mol. The number of hydrogen-bond acceptors (Lipinski definition) is 1. The number of fused-ring (bicyclic) bond motifs is 2. The van der Waals surface area contributed by atoms with Crippen molar-refractivity contribution in [2.45, 2.75) is 13.8 Å². The summed E-state index contributed by atoms with van der Waals surface area (Å²) in [6.45, 7) is 6.51. The van der Waals surface area contributed by atoms with Crippen LogP contribution in [0.5, 0.6) is 0 Å². The molecule has 96 valence electrons. The Morgan fingerprint density at radius 3 is 1.89 bits per heavy atom. The standard InChI is InChI=1S/C18H19N/c1-3-19(4-2)18-10-9-16-11-14-7-5-6-8-15(14)12-17(16)13-18/h5-13H,3-4H2,1-2H3. The van der Waals surface area contributed by atoms with E-state index in [1.165, 1.54) is 27.2 Å². The van der Waals surface area contributed by atoms with E-state index in [-0.39, 0.29) is 0 Å². The van der Waals surface area contributed by atoms with E-state index in [2.05, 4.69) is 73.3 Å². The summed E-state index contributed by atoms with van der Waals surface area (Å²) in [5, 5.41) is 5.26. The molecule has 0 saturated heterocycles. The molecule has 0 aliphatic carbocycles. The first kappa shape index (κ1) is 12.0. The van der Waals surface area contributed by atoms with Crippen molar-refractivity contribution in [2.24, 2.45) is 0 Å². The van der Waals surface area contributed by atoms with E-state index < -0.39 is 0 Å². The van der Waals surface area contributed by atoms with E-state index in [9.17, 15) is 0 Å². The molecule has 3 aromatic carbocycles. The number of anilines is 1. The maximum Gasteiger partial charge on any atom is 0.0372 e. The van der Waals surface area contributed by atoms with E-state index in [1.54, 1.807) is 0 Å². The first-order valence-electron chi connectivity index (χ1n) is 6.99. The van der Waals surface area contributed by atoms with Crippen LogP contribution in [0.1, 0.15) is 13.8 Å². The van der Waals surface area contributed by atoms with Crippen LogP contribution in [0.25, 0.3) is 21.5 Å². The molecule has 3 aromatic rings. The Balaban J connectivity index is 2.19. The molecule has 0 bridgehead atoms. The summed E-state index contributed by atoms with van der Waals surface area (Å²) in [6.07, 6.45) is 0. The fourth-order valence-electron chi connectivity index (χ4n) is 2.71. The SMILES string of the molecule is CCN(CC)c1ccc2cc3ccccc3cc2c1. The molecule has 0 N–H and O–H groups in total. The van der Waals surface area contributed by atoms with Gasteiger partial charge in [-0.2, -0.15) is 0 Å². The second-order valence-corrected chi connectivity index (χ2v) is 4.90. The Morgan fingerprint density at radius 2 is 1.26 bits per heavy atom. The zero-order chi connectivity index (χ0) is 13.2. The van der Waals surface area contributed by atoms with E-state index in [0.717, 1.165) is 13.1 Å². The van der Waals surface area contributed by atoms with Crippen molar-refractivity contribution in [1.82, 2.24) is 0 Å². The average Bonchev–Trinajstić information content (AvgIpc) is 2.46. The lowest BCUT2D eigenvalue weighted by Crippen LogP contribution is -2.21. The van der Waals surface area contributed by atoms with E-state index in [4.69, 9.17) is 0 Å². The largest absolute Gasteiger partial charge is 0.372 e. The summed E-state index contributed by atoms with van der Waals surface area (Å²) in [4.78, 5) is 2.38. The minimum absolute atomic E-state index is 1.05. The highest BCUT2D eigenvalue weighted by Gasteiger charge is 2.03. The lowest BCUT2D eigenvalue weighted by Gasteiger charge is -2.21. The first-order chi connectivity index (χ1) is 9.31. The van der Waals surface area contributed by atoms with Crippen molar-refractivity contribution in [3.8, 4) is 0 Å². The highest BCUT2D eigenvalue weighted by molar-refractivity contribution is 5.99. The van der Waals surface area contributed by atoms with Crippen molar-refractivity contribution in [1.29, 1.82) is 0 Å². The summed E-state index contributed by atoms with van der Waals surface area (Å²) in [7, 11) is 0. The van der Waals surface area contributed by atoms with Gasteiger partial charge in [-0.15, -0.1) is 0 Å². The Hall–Kier alpha value is -2.02. The van der Waals surface area contributed by atoms with Crippen LogP contribution in [0, 0.1) is 0 Å². The van der Waals surface area contributed by atoms with Crippen LogP contribution >= 0.6 is 0 Å². The third-order valence-electron chi connectivity index (χ3n) is 3.82. The second-order valence-electron chi connectivity index (χ2n) is 4.90. The van der Waals surface area contributed by atoms with Crippen LogP contribution in [0.4, 0.5) is 5.69 Å². The molecule has 3 rings (SSSR count). The Labute approximate surface area is 114 Å². The summed E-state index contributed by atoms with van der Waals surface area (Å²) in [5.41, 5.74) is 1.31. The zero-order valence-electron chi connectivity index (χ0n) is 11.6. The van der Waals surface area contributed by atoms with Crippen molar-refractivity contribution in [2.75, 3.05) is 18.0 Å². The predicted molar refractivity (Wildman–Crippen MR) is 85.0 cm³/mol. The van der Waals surface area contributed by atoms with Crippen LogP contribution in [-0.4, -0.2) is 13.1 Å². The molecule has 1 heteroatoms. The van der Waals surface area contributed by atoms with Crippen LogP contribution in [-0.2, 0) is 0 Å². The molecule has 0 atom stereocenters. The smallest absolute Gasteiger partial charge is 0.0372 e. The van der Waals surface area contributed by atoms with Crippen molar-refractivity contribution in [3.63, 3.8) is 0 Å². The molecular weight excluding hydrogens is 230 g/mol. The maximum absolute atomic E-state index is 2.38. The van der Waals surface area contributed by atoms with Gasteiger partial charge < -0.3 is 4.90 Å². The molecule has 0 aliphatic rings. The first-order valence-corrected chi connectivity index (χ1v) is 6.99. The normalized spacial score (nSPS) is 11.1. The van der Waals surface area contributed by atoms with E-state index in [1.807, 2.05) is 0 Å². The fraction of sp³-hybridized carbons (Fsp3) is 0.222. The van der Waals surface area contributed by atoms with Crippen molar-refractivity contribution < 1.29 is 0 Å². The van der Waals surface area contributed by atoms with Gasteiger partial charge in [-0.1, -0.05) is 30.3 Å². The highest BCUT2D eigenvalue weighted by Crippen LogP contribution is 2.26. The van der Waals surface area contributed by atoms with Crippen LogP contribution < -0.4 is 4.90 Å². The van der Waals surface area contributed by atoms with Gasteiger partial charge in [-0.25, -0.2) is 0 Å². The molecule has 1 nitrogen and oxygen atoms in total. The Kier molecular flexibility index (Phi) is 3.12. The molecule has 0 saturated carbocycles. The fourth-order valence-corrected chi connectivity index (χ4v) is 2.71. The molecule has 0 aliphatic heterocycles. The number of rotatable bonds is 3. The molecule has 0 fully saturated rings. The summed E-state index contributed by atoms with van der Waals surface area (Å²) >= 11 is 0. The van der Waals surface area contributed by atoms with Crippen LogP contribution in [0.2, 0.25) is 0 Å². The molecule has 0 aromatic heterocycles. The van der Waals surface area contributed by atoms with Gasteiger partial charge in [-0.3, -0.25) is 0 Å². The maximum atomic E-state index is 2.38. The average molecular weight is 249 g/mol. The Bertz CT molecular complexity index is 711. The number of hydrogen-bond donors (Lipinski definition) is 0. The highest BCUT2D eigenvalue weighted by atomic mass is 15.1.